The van der Waals surface area contributed by atoms with Crippen molar-refractivity contribution in [1.82, 2.24) is 4.90 Å². The van der Waals surface area contributed by atoms with Crippen LogP contribution in [0.3, 0.4) is 0 Å². The first kappa shape index (κ1) is 7.98. The number of nitrogens with two attached hydrogens (primary N) is 1. The number of hydrogen-bond donors (Lipinski definition) is 1. The minimum Gasteiger partial charge on any atom is -0.361 e. The molecule has 60 valence electrons. The van der Waals surface area contributed by atoms with Gasteiger partial charge < -0.3 is 10.5 Å². The van der Waals surface area contributed by atoms with Crippen molar-refractivity contribution >= 4 is 0 Å². The molecule has 0 aromatic carbocycles. The molecule has 0 spiro atoms. The molecule has 0 unspecified atom stereocenters. The molecule has 0 aromatic heterocycles. The van der Waals surface area contributed by atoms with Gasteiger partial charge in [0.15, 0.2) is 0 Å². The molecule has 3 heteroatoms. The minimum absolute atomic E-state index is 0.357. The topological polar surface area (TPSA) is 38.5 Å². The highest BCUT2D eigenvalue weighted by molar-refractivity contribution is 4.93. The van der Waals surface area contributed by atoms with Crippen LogP contribution in [0.5, 0.6) is 0 Å². The van der Waals surface area contributed by atoms with Crippen LogP contribution in [0.15, 0.2) is 0 Å². The van der Waals surface area contributed by atoms with Crippen LogP contribution in [0.2, 0.25) is 0 Å². The smallest absolute Gasteiger partial charge is 0.141 e. The molecule has 1 aliphatic rings. The van der Waals surface area contributed by atoms with Gasteiger partial charge in [0.2, 0.25) is 0 Å². The summed E-state index contributed by atoms with van der Waals surface area (Å²) in [6, 6.07) is 0.590. The fourth-order valence-electron chi connectivity index (χ4n) is 1.14. The molecule has 0 bridgehead atoms. The van der Waals surface area contributed by atoms with E-state index in [0.29, 0.717) is 6.04 Å². The number of hydrogen-bond acceptors (Lipinski definition) is 3. The molecule has 10 heavy (non-hydrogen) atoms. The fourth-order valence-corrected chi connectivity index (χ4v) is 1.14. The van der Waals surface area contributed by atoms with Crippen LogP contribution < -0.4 is 5.73 Å². The molecule has 2 N–H and O–H groups in total. The zero-order chi connectivity index (χ0) is 7.78. The lowest BCUT2D eigenvalue weighted by Crippen LogP contribution is -2.69. The average molecular weight is 144 g/mol. The van der Waals surface area contributed by atoms with Crippen LogP contribution in [-0.4, -0.2) is 36.9 Å². The summed E-state index contributed by atoms with van der Waals surface area (Å²) in [7, 11) is 1.66. The van der Waals surface area contributed by atoms with Gasteiger partial charge in [-0.05, 0) is 13.8 Å². The van der Waals surface area contributed by atoms with Crippen molar-refractivity contribution in [3.05, 3.63) is 0 Å². The van der Waals surface area contributed by atoms with E-state index in [1.807, 2.05) is 0 Å². The summed E-state index contributed by atoms with van der Waals surface area (Å²) in [5.41, 5.74) is 5.41. The van der Waals surface area contributed by atoms with Crippen molar-refractivity contribution < 1.29 is 4.74 Å². The van der Waals surface area contributed by atoms with Gasteiger partial charge in [-0.15, -0.1) is 0 Å². The fraction of sp³-hybridized carbons (Fsp3) is 1.00. The van der Waals surface area contributed by atoms with Crippen molar-refractivity contribution in [2.45, 2.75) is 25.6 Å². The van der Waals surface area contributed by atoms with Crippen LogP contribution in [-0.2, 0) is 4.74 Å². The Balaban J connectivity index is 2.29. The second kappa shape index (κ2) is 2.49. The third-order valence-corrected chi connectivity index (χ3v) is 2.08. The maximum absolute atomic E-state index is 5.77. The third kappa shape index (κ3) is 1.31. The summed E-state index contributed by atoms with van der Waals surface area (Å²) in [6.07, 6.45) is 0. The average Bonchev–Trinajstić information content (AvgIpc) is 1.80. The highest BCUT2D eigenvalue weighted by atomic mass is 16.5. The van der Waals surface area contributed by atoms with E-state index in [4.69, 9.17) is 10.5 Å². The second-order valence-corrected chi connectivity index (χ2v) is 3.27. The third-order valence-electron chi connectivity index (χ3n) is 2.08. The molecule has 1 fully saturated rings. The van der Waals surface area contributed by atoms with Crippen LogP contribution in [0, 0.1) is 0 Å². The lowest BCUT2D eigenvalue weighted by atomic mass is 10.0. The molecule has 0 aliphatic carbocycles. The number of likely N-dealkylation sites (tertiary alicyclic amines) is 1. The van der Waals surface area contributed by atoms with E-state index < -0.39 is 0 Å². The van der Waals surface area contributed by atoms with E-state index in [-0.39, 0.29) is 5.72 Å². The van der Waals surface area contributed by atoms with E-state index in [1.54, 1.807) is 7.11 Å². The van der Waals surface area contributed by atoms with Gasteiger partial charge in [-0.3, -0.25) is 4.90 Å². The summed E-state index contributed by atoms with van der Waals surface area (Å²) >= 11 is 0. The van der Waals surface area contributed by atoms with E-state index >= 15 is 0 Å². The van der Waals surface area contributed by atoms with Gasteiger partial charge in [-0.2, -0.15) is 0 Å². The Morgan fingerprint density at radius 2 is 2.00 bits per heavy atom. The quantitative estimate of drug-likeness (QED) is 0.555. The van der Waals surface area contributed by atoms with Crippen molar-refractivity contribution in [3.63, 3.8) is 0 Å². The second-order valence-electron chi connectivity index (χ2n) is 3.27. The Morgan fingerprint density at radius 1 is 1.50 bits per heavy atom. The maximum atomic E-state index is 5.77. The van der Waals surface area contributed by atoms with Gasteiger partial charge in [0, 0.05) is 26.2 Å². The molecule has 0 atom stereocenters. The molecule has 1 heterocycles. The Hall–Kier alpha value is -0.120. The van der Waals surface area contributed by atoms with Crippen LogP contribution >= 0.6 is 0 Å². The first-order valence-electron chi connectivity index (χ1n) is 3.65. The summed E-state index contributed by atoms with van der Waals surface area (Å²) in [5.74, 6) is 0. The van der Waals surface area contributed by atoms with Gasteiger partial charge in [0.25, 0.3) is 0 Å². The number of nitrogens with zero attached hydrogens (tertiary/aromatic N) is 1. The Kier molecular flexibility index (Phi) is 1.99. The van der Waals surface area contributed by atoms with Crippen LogP contribution in [0.1, 0.15) is 13.8 Å². The number of rotatable bonds is 2. The summed E-state index contributed by atoms with van der Waals surface area (Å²) in [4.78, 5) is 2.28. The molecule has 0 saturated carbocycles. The zero-order valence-corrected chi connectivity index (χ0v) is 6.92. The van der Waals surface area contributed by atoms with Crippen LogP contribution in [0.4, 0.5) is 0 Å². The Labute approximate surface area is 62.1 Å². The molecule has 1 rings (SSSR count). The minimum atomic E-state index is -0.357. The highest BCUT2D eigenvalue weighted by Gasteiger charge is 2.40. The molecule has 0 radical (unpaired) electrons. The van der Waals surface area contributed by atoms with Gasteiger partial charge >= 0.3 is 0 Å². The van der Waals surface area contributed by atoms with E-state index in [0.717, 1.165) is 13.1 Å². The van der Waals surface area contributed by atoms with E-state index in [2.05, 4.69) is 18.7 Å². The van der Waals surface area contributed by atoms with Crippen molar-refractivity contribution in [2.24, 2.45) is 5.73 Å². The summed E-state index contributed by atoms with van der Waals surface area (Å²) in [6.45, 7) is 6.05. The number of methoxy groups -OCH3 is 1. The van der Waals surface area contributed by atoms with Gasteiger partial charge in [0.1, 0.15) is 5.72 Å². The Morgan fingerprint density at radius 3 is 2.30 bits per heavy atom. The monoisotopic (exact) mass is 144 g/mol. The maximum Gasteiger partial charge on any atom is 0.141 e. The molecule has 0 aromatic rings. The largest absolute Gasteiger partial charge is 0.361 e. The zero-order valence-electron chi connectivity index (χ0n) is 6.92. The van der Waals surface area contributed by atoms with Gasteiger partial charge in [-0.25, -0.2) is 0 Å². The van der Waals surface area contributed by atoms with Gasteiger partial charge in [0.05, 0.1) is 0 Å². The SMILES string of the molecule is COC1(N)CN(C(C)C)C1. The van der Waals surface area contributed by atoms with Crippen LogP contribution in [0.25, 0.3) is 0 Å². The van der Waals surface area contributed by atoms with Gasteiger partial charge in [-0.1, -0.05) is 0 Å². The molecule has 1 aliphatic heterocycles. The van der Waals surface area contributed by atoms with Crippen molar-refractivity contribution in [2.75, 3.05) is 20.2 Å². The normalized spacial score (nSPS) is 24.9. The van der Waals surface area contributed by atoms with Crippen molar-refractivity contribution in [1.29, 1.82) is 0 Å². The summed E-state index contributed by atoms with van der Waals surface area (Å²) in [5, 5.41) is 0. The number of ether oxygens (including phenoxy) is 1. The first-order valence-corrected chi connectivity index (χ1v) is 3.65. The molecular weight excluding hydrogens is 128 g/mol. The van der Waals surface area contributed by atoms with E-state index in [9.17, 15) is 0 Å². The predicted molar refractivity (Wildman–Crippen MR) is 40.6 cm³/mol. The lowest BCUT2D eigenvalue weighted by Gasteiger charge is -2.48. The first-order chi connectivity index (χ1) is 4.57. The standard InChI is InChI=1S/C7H16N2O/c1-6(2)9-4-7(8,5-9)10-3/h6H,4-5,8H2,1-3H3. The molecule has 3 nitrogen and oxygen atoms in total. The van der Waals surface area contributed by atoms with E-state index in [1.165, 1.54) is 0 Å². The Bertz CT molecular complexity index is 119. The summed E-state index contributed by atoms with van der Waals surface area (Å²) < 4.78 is 5.09. The molecule has 1 saturated heterocycles. The highest BCUT2D eigenvalue weighted by Crippen LogP contribution is 2.20. The predicted octanol–water partition coefficient (Wildman–Crippen LogP) is 0.0118. The molecule has 0 amide bonds. The molecular formula is C7H16N2O. The lowest BCUT2D eigenvalue weighted by molar-refractivity contribution is -0.130. The van der Waals surface area contributed by atoms with Crippen molar-refractivity contribution in [3.8, 4) is 0 Å².